The Morgan fingerprint density at radius 3 is 2.53 bits per heavy atom. The van der Waals surface area contributed by atoms with Crippen molar-refractivity contribution in [1.29, 1.82) is 0 Å². The number of carbonyl (C=O) groups excluding carboxylic acids is 2. The summed E-state index contributed by atoms with van der Waals surface area (Å²) in [6.07, 6.45) is 0. The van der Waals surface area contributed by atoms with Gasteiger partial charge in [-0.05, 0) is 22.9 Å². The second-order valence-electron chi connectivity index (χ2n) is 3.06. The van der Waals surface area contributed by atoms with Gasteiger partial charge in [-0.2, -0.15) is 0 Å². The van der Waals surface area contributed by atoms with Gasteiger partial charge in [0.25, 0.3) is 0 Å². The minimum Gasteiger partial charge on any atom is -0.392 e. The third-order valence-corrected chi connectivity index (χ3v) is 2.14. The lowest BCUT2D eigenvalue weighted by Crippen LogP contribution is -2.02. The van der Waals surface area contributed by atoms with Crippen LogP contribution in [0.25, 0.3) is 10.8 Å². The van der Waals surface area contributed by atoms with Crippen LogP contribution in [0, 0.1) is 0 Å². The van der Waals surface area contributed by atoms with Crippen LogP contribution in [0.1, 0.15) is 10.4 Å². The second kappa shape index (κ2) is 3.92. The summed E-state index contributed by atoms with van der Waals surface area (Å²) >= 11 is 0. The summed E-state index contributed by atoms with van der Waals surface area (Å²) in [5.74, 6) is -0.629. The summed E-state index contributed by atoms with van der Waals surface area (Å²) in [4.78, 5) is 21.2. The molecule has 0 bridgehead atoms. The molecular formula is C12H8O3. The first-order valence-electron chi connectivity index (χ1n) is 4.45. The average molecular weight is 200 g/mol. The van der Waals surface area contributed by atoms with Gasteiger partial charge in [0.1, 0.15) is 0 Å². The lowest BCUT2D eigenvalue weighted by molar-refractivity contribution is -0.123. The van der Waals surface area contributed by atoms with Gasteiger partial charge >= 0.3 is 12.4 Å². The highest BCUT2D eigenvalue weighted by molar-refractivity contribution is 5.97. The van der Waals surface area contributed by atoms with Crippen molar-refractivity contribution in [3.63, 3.8) is 0 Å². The molecule has 0 aliphatic carbocycles. The van der Waals surface area contributed by atoms with E-state index in [2.05, 4.69) is 4.74 Å². The van der Waals surface area contributed by atoms with Crippen molar-refractivity contribution in [2.75, 3.05) is 0 Å². The minimum atomic E-state index is -0.629. The molecule has 2 aromatic carbocycles. The third-order valence-electron chi connectivity index (χ3n) is 2.14. The molecule has 0 radical (unpaired) electrons. The first kappa shape index (κ1) is 9.40. The maximum Gasteiger partial charge on any atom is 0.345 e. The van der Waals surface area contributed by atoms with Crippen LogP contribution < -0.4 is 0 Å². The predicted molar refractivity (Wildman–Crippen MR) is 55.4 cm³/mol. The molecule has 0 N–H and O–H groups in total. The van der Waals surface area contributed by atoms with Gasteiger partial charge in [-0.3, -0.25) is 4.79 Å². The van der Waals surface area contributed by atoms with Crippen molar-refractivity contribution in [2.24, 2.45) is 0 Å². The van der Waals surface area contributed by atoms with E-state index in [1.165, 1.54) is 0 Å². The van der Waals surface area contributed by atoms with Gasteiger partial charge < -0.3 is 4.74 Å². The zero-order chi connectivity index (χ0) is 10.7. The maximum atomic E-state index is 11.2. The highest BCUT2D eigenvalue weighted by atomic mass is 16.6. The Kier molecular flexibility index (Phi) is 2.46. The Morgan fingerprint density at radius 1 is 1.07 bits per heavy atom. The molecule has 3 nitrogen and oxygen atoms in total. The molecule has 0 heterocycles. The van der Waals surface area contributed by atoms with Gasteiger partial charge in [0.2, 0.25) is 0 Å². The molecule has 0 saturated carbocycles. The fourth-order valence-electron chi connectivity index (χ4n) is 1.43. The molecule has 0 aromatic heterocycles. The Balaban J connectivity index is 2.46. The van der Waals surface area contributed by atoms with E-state index in [9.17, 15) is 9.59 Å². The van der Waals surface area contributed by atoms with Crippen LogP contribution >= 0.6 is 0 Å². The Labute approximate surface area is 86.3 Å². The number of ether oxygens (including phenoxy) is 1. The van der Waals surface area contributed by atoms with E-state index in [0.29, 0.717) is 5.56 Å². The SMILES string of the molecule is O=COC(=O)c1ccc2ccccc2c1. The summed E-state index contributed by atoms with van der Waals surface area (Å²) in [5, 5.41) is 1.98. The zero-order valence-electron chi connectivity index (χ0n) is 7.84. The molecule has 0 unspecified atom stereocenters. The van der Waals surface area contributed by atoms with Gasteiger partial charge in [-0.15, -0.1) is 0 Å². The standard InChI is InChI=1S/C12H8O3/c13-8-15-12(14)11-6-5-9-3-1-2-4-10(9)7-11/h1-8H. The van der Waals surface area contributed by atoms with Crippen molar-refractivity contribution in [2.45, 2.75) is 0 Å². The molecule has 0 amide bonds. The lowest BCUT2D eigenvalue weighted by atomic mass is 10.1. The average Bonchev–Trinajstić information content (AvgIpc) is 2.29. The first-order valence-corrected chi connectivity index (χ1v) is 4.45. The Hall–Kier alpha value is -2.16. The van der Waals surface area contributed by atoms with E-state index in [1.807, 2.05) is 30.3 Å². The smallest absolute Gasteiger partial charge is 0.345 e. The van der Waals surface area contributed by atoms with Crippen molar-refractivity contribution < 1.29 is 14.3 Å². The van der Waals surface area contributed by atoms with Gasteiger partial charge in [-0.25, -0.2) is 4.79 Å². The first-order chi connectivity index (χ1) is 7.31. The lowest BCUT2D eigenvalue weighted by Gasteiger charge is -2.00. The predicted octanol–water partition coefficient (Wildman–Crippen LogP) is 2.15. The van der Waals surface area contributed by atoms with E-state index in [4.69, 9.17) is 0 Å². The molecule has 0 atom stereocenters. The highest BCUT2D eigenvalue weighted by Crippen LogP contribution is 2.15. The number of hydrogen-bond donors (Lipinski definition) is 0. The second-order valence-corrected chi connectivity index (χ2v) is 3.06. The number of hydrogen-bond acceptors (Lipinski definition) is 3. The Morgan fingerprint density at radius 2 is 1.80 bits per heavy atom. The fraction of sp³-hybridized carbons (Fsp3) is 0. The molecule has 0 aliphatic rings. The van der Waals surface area contributed by atoms with Gasteiger partial charge in [0, 0.05) is 0 Å². The number of rotatable bonds is 2. The molecule has 15 heavy (non-hydrogen) atoms. The van der Waals surface area contributed by atoms with Gasteiger partial charge in [-0.1, -0.05) is 30.3 Å². The number of carbonyl (C=O) groups is 2. The van der Waals surface area contributed by atoms with Crippen LogP contribution in [0.15, 0.2) is 42.5 Å². The zero-order valence-corrected chi connectivity index (χ0v) is 7.84. The summed E-state index contributed by atoms with van der Waals surface area (Å²) in [6.45, 7) is 0.136. The van der Waals surface area contributed by atoms with Crippen molar-refractivity contribution in [3.05, 3.63) is 48.0 Å². The molecule has 2 rings (SSSR count). The van der Waals surface area contributed by atoms with E-state index in [1.54, 1.807) is 12.1 Å². The molecule has 2 aromatic rings. The van der Waals surface area contributed by atoms with Crippen LogP contribution in [-0.2, 0) is 9.53 Å². The van der Waals surface area contributed by atoms with Gasteiger partial charge in [0.05, 0.1) is 5.56 Å². The van der Waals surface area contributed by atoms with Gasteiger partial charge in [0.15, 0.2) is 0 Å². The fourth-order valence-corrected chi connectivity index (χ4v) is 1.43. The summed E-state index contributed by atoms with van der Waals surface area (Å²) in [7, 11) is 0. The highest BCUT2D eigenvalue weighted by Gasteiger charge is 2.06. The molecule has 3 heteroatoms. The van der Waals surface area contributed by atoms with Crippen LogP contribution in [0.4, 0.5) is 0 Å². The van der Waals surface area contributed by atoms with E-state index in [0.717, 1.165) is 10.8 Å². The molecule has 0 spiro atoms. The van der Waals surface area contributed by atoms with E-state index >= 15 is 0 Å². The van der Waals surface area contributed by atoms with E-state index < -0.39 is 5.97 Å². The monoisotopic (exact) mass is 200 g/mol. The molecular weight excluding hydrogens is 192 g/mol. The number of esters is 1. The summed E-state index contributed by atoms with van der Waals surface area (Å²) in [5.41, 5.74) is 0.376. The molecule has 0 fully saturated rings. The molecule has 74 valence electrons. The maximum absolute atomic E-state index is 11.2. The topological polar surface area (TPSA) is 43.4 Å². The third kappa shape index (κ3) is 1.86. The molecule has 0 saturated heterocycles. The quantitative estimate of drug-likeness (QED) is 0.424. The van der Waals surface area contributed by atoms with Crippen LogP contribution in [0.2, 0.25) is 0 Å². The normalized spacial score (nSPS) is 9.87. The number of benzene rings is 2. The largest absolute Gasteiger partial charge is 0.392 e. The minimum absolute atomic E-state index is 0.136. The van der Waals surface area contributed by atoms with Crippen molar-refractivity contribution in [3.8, 4) is 0 Å². The number of fused-ring (bicyclic) bond motifs is 1. The summed E-state index contributed by atoms with van der Waals surface area (Å²) < 4.78 is 4.26. The van der Waals surface area contributed by atoms with Crippen LogP contribution in [0.3, 0.4) is 0 Å². The molecule has 0 aliphatic heterocycles. The van der Waals surface area contributed by atoms with Crippen molar-refractivity contribution in [1.82, 2.24) is 0 Å². The summed E-state index contributed by atoms with van der Waals surface area (Å²) in [6, 6.07) is 12.8. The van der Waals surface area contributed by atoms with Crippen LogP contribution in [-0.4, -0.2) is 12.4 Å². The van der Waals surface area contributed by atoms with Crippen LogP contribution in [0.5, 0.6) is 0 Å². The Bertz CT molecular complexity index is 517. The van der Waals surface area contributed by atoms with Crippen molar-refractivity contribution >= 4 is 23.2 Å². The van der Waals surface area contributed by atoms with E-state index in [-0.39, 0.29) is 6.47 Å².